The van der Waals surface area contributed by atoms with Crippen molar-refractivity contribution < 1.29 is 57.8 Å². The van der Waals surface area contributed by atoms with Gasteiger partial charge in [0.2, 0.25) is 0 Å². The molecule has 143 heavy (non-hydrogen) atoms. The molecule has 0 aromatic heterocycles. The van der Waals surface area contributed by atoms with Gasteiger partial charge >= 0.3 is 24.1 Å². The molecule has 12 atom stereocenters. The van der Waals surface area contributed by atoms with E-state index >= 15 is 0 Å². The van der Waals surface area contributed by atoms with Crippen molar-refractivity contribution in [2.24, 2.45) is 53.3 Å². The summed E-state index contributed by atoms with van der Waals surface area (Å²) < 4.78 is 34.0. The minimum absolute atomic E-state index is 0.00131. The normalized spacial score (nSPS) is 21.3. The first-order valence-corrected chi connectivity index (χ1v) is 57.6. The summed E-state index contributed by atoms with van der Waals surface area (Å²) in [6, 6.07) is 39.6. The van der Waals surface area contributed by atoms with Gasteiger partial charge in [-0.1, -0.05) is 270 Å². The molecule has 4 heterocycles. The van der Waals surface area contributed by atoms with Gasteiger partial charge in [-0.3, -0.25) is 0 Å². The quantitative estimate of drug-likeness (QED) is 0.0186. The molecule has 0 unspecified atom stereocenters. The van der Waals surface area contributed by atoms with Crippen molar-refractivity contribution in [2.45, 2.75) is 345 Å². The Bertz CT molecular complexity index is 3960. The number of rotatable bonds is 54. The number of hydrogen-bond acceptors (Lipinski definition) is 16. The first kappa shape index (κ1) is 120. The van der Waals surface area contributed by atoms with Gasteiger partial charge in [-0.25, -0.2) is 19.2 Å². The molecule has 8 fully saturated rings. The number of hydrogen-bond donors (Lipinski definition) is 9. The van der Waals surface area contributed by atoms with Crippen LogP contribution in [0.3, 0.4) is 0 Å². The lowest BCUT2D eigenvalue weighted by Gasteiger charge is -2.43. The number of nitrogens with one attached hydrogen (secondary N) is 7. The molecule has 0 radical (unpaired) electrons. The highest BCUT2D eigenvalue weighted by molar-refractivity contribution is 6.30. The second kappa shape index (κ2) is 69.9. The summed E-state index contributed by atoms with van der Waals surface area (Å²) in [6.07, 6.45) is 47.6. The fourth-order valence-corrected chi connectivity index (χ4v) is 24.3. The van der Waals surface area contributed by atoms with Gasteiger partial charge in [0.05, 0.1) is 23.4 Å². The first-order valence-electron chi connectivity index (χ1n) is 57.2. The van der Waals surface area contributed by atoms with Gasteiger partial charge in [0.1, 0.15) is 0 Å². The van der Waals surface area contributed by atoms with Crippen molar-refractivity contribution in [3.05, 3.63) is 143 Å². The number of methoxy groups -OCH3 is 3. The summed E-state index contributed by atoms with van der Waals surface area (Å²) in [6.45, 7) is 24.7. The number of ether oxygens (including phenoxy) is 6. The molecule has 4 aliphatic carbocycles. The van der Waals surface area contributed by atoms with Crippen LogP contribution < -0.4 is 37.2 Å². The number of unbranched alkanes of at least 4 members (excludes halogenated alkanes) is 3. The Morgan fingerprint density at radius 2 is 0.790 bits per heavy atom. The van der Waals surface area contributed by atoms with Crippen molar-refractivity contribution in [3.63, 3.8) is 0 Å². The van der Waals surface area contributed by atoms with Crippen LogP contribution in [-0.2, 0) is 39.6 Å². The zero-order chi connectivity index (χ0) is 102. The Hall–Kier alpha value is -6.23. The molecule has 810 valence electrons. The number of halogens is 1. The zero-order valence-electron chi connectivity index (χ0n) is 90.8. The maximum atomic E-state index is 13.5. The molecule has 24 nitrogen and oxygen atoms in total. The maximum Gasteiger partial charge on any atom is 0.317 e. The minimum atomic E-state index is -1.02. The van der Waals surface area contributed by atoms with Crippen LogP contribution in [0.5, 0.6) is 0 Å². The average molecular weight is 2010 g/mol. The summed E-state index contributed by atoms with van der Waals surface area (Å²) in [5.74, 6) is 4.10. The predicted octanol–water partition coefficient (Wildman–Crippen LogP) is 22.4. The smallest absolute Gasteiger partial charge is 0.317 e. The Kier molecular flexibility index (Phi) is 58.8. The number of amides is 8. The second-order valence-corrected chi connectivity index (χ2v) is 44.6. The number of aliphatic hydroxyl groups is 2. The van der Waals surface area contributed by atoms with Crippen LogP contribution in [0.1, 0.15) is 332 Å². The molecule has 0 bridgehead atoms. The van der Waals surface area contributed by atoms with Gasteiger partial charge in [0.15, 0.2) is 0 Å². The molecular formula is C118H199ClN12O12. The van der Waals surface area contributed by atoms with Crippen molar-refractivity contribution >= 4 is 35.7 Å². The van der Waals surface area contributed by atoms with E-state index in [2.05, 4.69) is 126 Å². The van der Waals surface area contributed by atoms with Crippen LogP contribution in [0.25, 0.3) is 0 Å². The number of carbonyl (C=O) groups is 4. The molecule has 8 amide bonds. The fourth-order valence-electron chi connectivity index (χ4n) is 24.1. The molecule has 0 spiro atoms. The Morgan fingerprint density at radius 1 is 0.413 bits per heavy atom. The van der Waals surface area contributed by atoms with Crippen molar-refractivity contribution in [2.75, 3.05) is 180 Å². The number of nitrogens with zero attached hydrogens (tertiary/aromatic N) is 5. The van der Waals surface area contributed by atoms with Crippen LogP contribution in [0, 0.1) is 53.3 Å². The average Bonchev–Trinajstić information content (AvgIpc) is 0.763. The summed E-state index contributed by atoms with van der Waals surface area (Å²) in [5, 5.41) is 48.8. The van der Waals surface area contributed by atoms with E-state index in [4.69, 9.17) is 40.0 Å². The molecule has 4 aromatic rings. The fraction of sp³-hybridized carbons (Fsp3) is 0.763. The van der Waals surface area contributed by atoms with E-state index in [-0.39, 0.29) is 72.3 Å². The van der Waals surface area contributed by atoms with Crippen LogP contribution in [0.15, 0.2) is 115 Å². The SMILES string of the molecule is CCCCNC[C@H](CC1CCCCC1)NC(=O)N1CCC[C@@H]([C@@H](OCCCOC)c2ccccc2)C1.CCOCCCC[C@@](O)(c1ccccc1)[C@@H]1CCCN(C(=O)N[C@@H](CC2CCCCC2)CN(C)C)C1.CNC[C@H](CC1CCCCC1)NC(=O)N1CCC[C@@H]([C@@](O)(CCCCOC)c2cccc(Cl)c2)C1.COCCCO[C@@H](c1ccccc1)[C@@H]1CCCN(C(=O)N[C@H](CNCC(C)C)CC2CCCCC2)C1. The van der Waals surface area contributed by atoms with Gasteiger partial charge in [-0.15, -0.1) is 0 Å². The van der Waals surface area contributed by atoms with Crippen LogP contribution in [0.2, 0.25) is 5.02 Å². The molecule has 12 rings (SSSR count). The summed E-state index contributed by atoms with van der Waals surface area (Å²) >= 11 is 6.31. The van der Waals surface area contributed by atoms with Crippen molar-refractivity contribution in [3.8, 4) is 0 Å². The van der Waals surface area contributed by atoms with Crippen LogP contribution in [-0.4, -0.2) is 263 Å². The molecule has 4 saturated carbocycles. The minimum Gasteiger partial charge on any atom is -0.385 e. The standard InChI is InChI=1S/3C30H51N3O3.C28H46ClN3O3/c1-24(2)21-31-22-28(20-25-12-6-4-7-13-25)32-30(34)33-17-10-16-27(23-33)29(36-19-11-18-35-3)26-14-8-5-9-15-26;1-4-36-21-12-11-19-30(35,26-16-9-6-10-17-26)27-18-13-20-33(23-27)29(34)31-28(24-32(2)3)22-25-14-7-5-8-15-25;1-3-4-18-31-23-28(22-25-13-7-5-8-14-25)32-30(34)33-19-11-17-27(24-33)29(36-21-12-20-35-2)26-15-9-6-10-16-26;1-30-20-26(18-22-10-4-3-5-11-22)31-27(33)32-16-9-13-24(21-32)28(34,15-6-7-17-35-2)23-12-8-14-25(29)19-23/h5,8-9,14-15,24-25,27-29,31H,4,6-7,10-13,16-23H2,1-3H3,(H,32,34);6,9-10,16-17,25,27-28,35H,4-5,7-8,11-15,18-24H2,1-3H3,(H,31,34);6,9-10,15-16,25,27-29,31H,3-5,7-8,11-14,17-24H2,1-2H3,(H,32,34);8,12,14,19,22,24,26,30,34H,3-7,9-11,13,15-18,20-21H2,1-2H3,(H,31,33)/t27-,28+,29+;27-,28+,30-;27-,28+,29+;24-,26+,28-/m1111/s1. The van der Waals surface area contributed by atoms with Crippen LogP contribution in [0.4, 0.5) is 19.2 Å². The van der Waals surface area contributed by atoms with Crippen LogP contribution >= 0.6 is 11.6 Å². The van der Waals surface area contributed by atoms with E-state index in [1.807, 2.05) is 100 Å². The van der Waals surface area contributed by atoms with Crippen molar-refractivity contribution in [1.82, 2.24) is 61.7 Å². The van der Waals surface area contributed by atoms with Gasteiger partial charge in [-0.2, -0.15) is 0 Å². The highest BCUT2D eigenvalue weighted by Gasteiger charge is 2.45. The van der Waals surface area contributed by atoms with Gasteiger partial charge < -0.3 is 100 Å². The molecule has 25 heteroatoms. The number of piperidine rings is 4. The van der Waals surface area contributed by atoms with E-state index in [1.54, 1.807) is 21.3 Å². The number of likely N-dealkylation sites (N-methyl/N-ethyl adjacent to an activating group) is 2. The molecule has 4 aromatic carbocycles. The van der Waals surface area contributed by atoms with Gasteiger partial charge in [0.25, 0.3) is 0 Å². The lowest BCUT2D eigenvalue weighted by Crippen LogP contribution is -2.54. The first-order chi connectivity index (χ1) is 69.6. The molecular weight excluding hydrogens is 1810 g/mol. The highest BCUT2D eigenvalue weighted by Crippen LogP contribution is 2.44. The predicted molar refractivity (Wildman–Crippen MR) is 584 cm³/mol. The lowest BCUT2D eigenvalue weighted by molar-refractivity contribution is -0.0568. The van der Waals surface area contributed by atoms with Gasteiger partial charge in [0, 0.05) is 199 Å². The summed E-state index contributed by atoms with van der Waals surface area (Å²) in [5.41, 5.74) is 2.27. The highest BCUT2D eigenvalue weighted by atomic mass is 35.5. The molecule has 4 saturated heterocycles. The van der Waals surface area contributed by atoms with E-state index in [0.717, 1.165) is 236 Å². The Morgan fingerprint density at radius 3 is 1.20 bits per heavy atom. The molecule has 9 N–H and O–H groups in total. The third kappa shape index (κ3) is 44.5. The number of urea groups is 4. The van der Waals surface area contributed by atoms with Crippen molar-refractivity contribution in [1.29, 1.82) is 0 Å². The lowest BCUT2D eigenvalue weighted by atomic mass is 9.74. The monoisotopic (exact) mass is 2010 g/mol. The molecule has 4 aliphatic heterocycles. The second-order valence-electron chi connectivity index (χ2n) is 44.2. The topological polar surface area (TPSA) is 265 Å². The zero-order valence-corrected chi connectivity index (χ0v) is 91.5. The number of likely N-dealkylation sites (tertiary alicyclic amines) is 4. The van der Waals surface area contributed by atoms with E-state index in [0.29, 0.717) is 87.7 Å². The Labute approximate surface area is 871 Å². The summed E-state index contributed by atoms with van der Waals surface area (Å²) in [7, 11) is 11.3. The maximum absolute atomic E-state index is 13.5. The van der Waals surface area contributed by atoms with E-state index < -0.39 is 11.2 Å². The number of benzene rings is 4. The summed E-state index contributed by atoms with van der Waals surface area (Å²) in [4.78, 5) is 63.9. The van der Waals surface area contributed by atoms with E-state index in [1.165, 1.54) is 152 Å². The third-order valence-electron chi connectivity index (χ3n) is 31.8. The van der Waals surface area contributed by atoms with E-state index in [9.17, 15) is 29.4 Å². The number of carbonyl (C=O) groups excluding carboxylic acids is 4. The Balaban J connectivity index is 0.000000213. The van der Waals surface area contributed by atoms with Gasteiger partial charge in [-0.05, 0) is 240 Å². The molecule has 8 aliphatic rings. The third-order valence-corrected chi connectivity index (χ3v) is 32.0. The largest absolute Gasteiger partial charge is 0.385 e.